The second kappa shape index (κ2) is 6.37. The zero-order chi connectivity index (χ0) is 14.7. The Bertz CT molecular complexity index is 608. The summed E-state index contributed by atoms with van der Waals surface area (Å²) in [5.41, 5.74) is 1.92. The third-order valence-corrected chi connectivity index (χ3v) is 4.43. The zero-order valence-electron chi connectivity index (χ0n) is 11.7. The van der Waals surface area contributed by atoms with Gasteiger partial charge in [0.2, 0.25) is 5.91 Å². The number of benzene rings is 1. The average Bonchev–Trinajstić information content (AvgIpc) is 3.25. The van der Waals surface area contributed by atoms with Crippen molar-refractivity contribution in [1.29, 1.82) is 0 Å². The second-order valence-electron chi connectivity index (χ2n) is 5.35. The van der Waals surface area contributed by atoms with E-state index in [0.29, 0.717) is 12.5 Å². The minimum Gasteiger partial charge on any atom is -0.388 e. The number of nitrogens with zero attached hydrogens (tertiary/aromatic N) is 1. The fourth-order valence-electron chi connectivity index (χ4n) is 2.19. The summed E-state index contributed by atoms with van der Waals surface area (Å²) in [5.74, 6) is 0.486. The van der Waals surface area contributed by atoms with Crippen LogP contribution in [0.5, 0.6) is 0 Å². The van der Waals surface area contributed by atoms with Crippen molar-refractivity contribution in [1.82, 2.24) is 10.3 Å². The molecule has 1 aliphatic carbocycles. The van der Waals surface area contributed by atoms with E-state index in [1.807, 2.05) is 30.3 Å². The summed E-state index contributed by atoms with van der Waals surface area (Å²) in [6, 6.07) is 9.23. The van der Waals surface area contributed by atoms with Crippen LogP contribution in [0.3, 0.4) is 0 Å². The van der Waals surface area contributed by atoms with E-state index >= 15 is 0 Å². The van der Waals surface area contributed by atoms with Gasteiger partial charge in [0, 0.05) is 11.3 Å². The lowest BCUT2D eigenvalue weighted by Crippen LogP contribution is -2.24. The van der Waals surface area contributed by atoms with Crippen LogP contribution in [0.1, 0.15) is 47.5 Å². The quantitative estimate of drug-likeness (QED) is 0.862. The Morgan fingerprint density at radius 2 is 2.14 bits per heavy atom. The lowest BCUT2D eigenvalue weighted by Gasteiger charge is -2.10. The number of rotatable bonds is 6. The molecule has 21 heavy (non-hydrogen) atoms. The molecular weight excluding hydrogens is 284 g/mol. The molecule has 1 aliphatic rings. The summed E-state index contributed by atoms with van der Waals surface area (Å²) < 4.78 is 0. The van der Waals surface area contributed by atoms with Crippen LogP contribution in [0.4, 0.5) is 0 Å². The summed E-state index contributed by atoms with van der Waals surface area (Å²) in [6.45, 7) is 0.442. The maximum atomic E-state index is 11.9. The summed E-state index contributed by atoms with van der Waals surface area (Å²) in [7, 11) is 0. The lowest BCUT2D eigenvalue weighted by atomic mass is 10.1. The number of aliphatic hydroxyl groups is 1. The van der Waals surface area contributed by atoms with E-state index in [9.17, 15) is 9.90 Å². The van der Waals surface area contributed by atoms with Gasteiger partial charge in [0.1, 0.15) is 5.01 Å². The Hall–Kier alpha value is -1.72. The Morgan fingerprint density at radius 3 is 2.86 bits per heavy atom. The predicted molar refractivity (Wildman–Crippen MR) is 82.0 cm³/mol. The molecule has 0 spiro atoms. The Labute approximate surface area is 127 Å². The van der Waals surface area contributed by atoms with Gasteiger partial charge in [-0.05, 0) is 18.4 Å². The van der Waals surface area contributed by atoms with Crippen LogP contribution in [0.15, 0.2) is 35.7 Å². The first-order chi connectivity index (χ1) is 10.2. The lowest BCUT2D eigenvalue weighted by molar-refractivity contribution is -0.123. The number of thiazole rings is 1. The number of amides is 1. The number of carbonyl (C=O) groups is 1. The van der Waals surface area contributed by atoms with E-state index < -0.39 is 6.10 Å². The monoisotopic (exact) mass is 302 g/mol. The van der Waals surface area contributed by atoms with Gasteiger partial charge in [-0.1, -0.05) is 30.3 Å². The minimum absolute atomic E-state index is 0.0743. The van der Waals surface area contributed by atoms with Crippen molar-refractivity contribution in [2.75, 3.05) is 0 Å². The molecule has 0 saturated heterocycles. The Morgan fingerprint density at radius 1 is 1.38 bits per heavy atom. The number of nitrogens with one attached hydrogen (secondary N) is 1. The van der Waals surface area contributed by atoms with E-state index in [1.54, 1.807) is 11.3 Å². The SMILES string of the molecule is O=C(CC(O)c1ccccc1)NCc1nc(C2CC2)cs1. The van der Waals surface area contributed by atoms with Crippen molar-refractivity contribution in [2.24, 2.45) is 0 Å². The van der Waals surface area contributed by atoms with E-state index in [-0.39, 0.29) is 12.3 Å². The van der Waals surface area contributed by atoms with Crippen LogP contribution in [0.2, 0.25) is 0 Å². The van der Waals surface area contributed by atoms with Crippen molar-refractivity contribution in [3.8, 4) is 0 Å². The highest BCUT2D eigenvalue weighted by atomic mass is 32.1. The maximum absolute atomic E-state index is 11.9. The highest BCUT2D eigenvalue weighted by Crippen LogP contribution is 2.40. The molecule has 110 valence electrons. The molecule has 3 rings (SSSR count). The molecule has 1 atom stereocenters. The largest absolute Gasteiger partial charge is 0.388 e. The van der Waals surface area contributed by atoms with Gasteiger partial charge in [-0.2, -0.15) is 0 Å². The molecule has 2 N–H and O–H groups in total. The van der Waals surface area contributed by atoms with Gasteiger partial charge in [0.25, 0.3) is 0 Å². The molecular formula is C16H18N2O2S. The molecule has 5 heteroatoms. The first-order valence-electron chi connectivity index (χ1n) is 7.16. The van der Waals surface area contributed by atoms with Crippen LogP contribution in [-0.2, 0) is 11.3 Å². The van der Waals surface area contributed by atoms with Crippen molar-refractivity contribution < 1.29 is 9.90 Å². The van der Waals surface area contributed by atoms with Crippen LogP contribution >= 0.6 is 11.3 Å². The normalized spacial score (nSPS) is 15.7. The molecule has 1 heterocycles. The number of aromatic nitrogens is 1. The standard InChI is InChI=1S/C16H18N2O2S/c19-14(12-4-2-1-3-5-12)8-15(20)17-9-16-18-13(10-21-16)11-6-7-11/h1-5,10-11,14,19H,6-9H2,(H,17,20). The molecule has 1 unspecified atom stereocenters. The zero-order valence-corrected chi connectivity index (χ0v) is 12.5. The van der Waals surface area contributed by atoms with E-state index in [1.165, 1.54) is 12.8 Å². The smallest absolute Gasteiger partial charge is 0.223 e. The Kier molecular flexibility index (Phi) is 4.31. The van der Waals surface area contributed by atoms with Gasteiger partial charge in [-0.25, -0.2) is 4.98 Å². The van der Waals surface area contributed by atoms with Crippen molar-refractivity contribution in [3.63, 3.8) is 0 Å². The fraction of sp³-hybridized carbons (Fsp3) is 0.375. The van der Waals surface area contributed by atoms with Crippen molar-refractivity contribution >= 4 is 17.2 Å². The molecule has 1 aromatic carbocycles. The van der Waals surface area contributed by atoms with E-state index in [4.69, 9.17) is 0 Å². The van der Waals surface area contributed by atoms with Crippen LogP contribution in [0.25, 0.3) is 0 Å². The summed E-state index contributed by atoms with van der Waals surface area (Å²) >= 11 is 1.59. The molecule has 2 aromatic rings. The van der Waals surface area contributed by atoms with Crippen LogP contribution < -0.4 is 5.32 Å². The third-order valence-electron chi connectivity index (χ3n) is 3.57. The summed E-state index contributed by atoms with van der Waals surface area (Å²) in [5, 5.41) is 15.8. The number of carbonyl (C=O) groups excluding carboxylic acids is 1. The maximum Gasteiger partial charge on any atom is 0.223 e. The van der Waals surface area contributed by atoms with Gasteiger partial charge in [-0.3, -0.25) is 4.79 Å². The van der Waals surface area contributed by atoms with Gasteiger partial charge in [0.05, 0.1) is 24.8 Å². The van der Waals surface area contributed by atoms with Crippen LogP contribution in [0, 0.1) is 0 Å². The molecule has 1 fully saturated rings. The Balaban J connectivity index is 1.47. The minimum atomic E-state index is -0.760. The first kappa shape index (κ1) is 14.2. The molecule has 0 aliphatic heterocycles. The second-order valence-corrected chi connectivity index (χ2v) is 6.29. The molecule has 1 saturated carbocycles. The number of hydrogen-bond donors (Lipinski definition) is 2. The van der Waals surface area contributed by atoms with Crippen LogP contribution in [-0.4, -0.2) is 16.0 Å². The van der Waals surface area contributed by atoms with Gasteiger partial charge in [0.15, 0.2) is 0 Å². The summed E-state index contributed by atoms with van der Waals surface area (Å²) in [6.07, 6.45) is 1.78. The molecule has 0 bridgehead atoms. The highest BCUT2D eigenvalue weighted by Gasteiger charge is 2.26. The van der Waals surface area contributed by atoms with Crippen molar-refractivity contribution in [2.45, 2.75) is 37.8 Å². The number of aliphatic hydroxyl groups excluding tert-OH is 1. The van der Waals surface area contributed by atoms with E-state index in [0.717, 1.165) is 16.3 Å². The van der Waals surface area contributed by atoms with Gasteiger partial charge >= 0.3 is 0 Å². The predicted octanol–water partition coefficient (Wildman–Crippen LogP) is 2.76. The topological polar surface area (TPSA) is 62.2 Å². The first-order valence-corrected chi connectivity index (χ1v) is 8.04. The summed E-state index contributed by atoms with van der Waals surface area (Å²) in [4.78, 5) is 16.4. The van der Waals surface area contributed by atoms with Gasteiger partial charge in [-0.15, -0.1) is 11.3 Å². The molecule has 0 radical (unpaired) electrons. The molecule has 4 nitrogen and oxygen atoms in total. The van der Waals surface area contributed by atoms with Crippen molar-refractivity contribution in [3.05, 3.63) is 52.0 Å². The van der Waals surface area contributed by atoms with Gasteiger partial charge < -0.3 is 10.4 Å². The number of hydrogen-bond acceptors (Lipinski definition) is 4. The van der Waals surface area contributed by atoms with E-state index in [2.05, 4.69) is 15.7 Å². The highest BCUT2D eigenvalue weighted by molar-refractivity contribution is 7.09. The fourth-order valence-corrected chi connectivity index (χ4v) is 3.00. The molecule has 1 aromatic heterocycles. The third kappa shape index (κ3) is 3.89. The average molecular weight is 302 g/mol. The molecule has 1 amide bonds.